The van der Waals surface area contributed by atoms with Gasteiger partial charge in [0.1, 0.15) is 5.82 Å². The molecule has 7 heteroatoms. The van der Waals surface area contributed by atoms with Crippen LogP contribution in [0.5, 0.6) is 0 Å². The minimum Gasteiger partial charge on any atom is -0.461 e. The first-order valence-electron chi connectivity index (χ1n) is 8.73. The molecule has 1 fully saturated rings. The Morgan fingerprint density at radius 1 is 1.23 bits per heavy atom. The van der Waals surface area contributed by atoms with E-state index in [0.717, 1.165) is 30.2 Å². The Kier molecular flexibility index (Phi) is 4.75. The summed E-state index contributed by atoms with van der Waals surface area (Å²) in [7, 11) is 0. The molecule has 2 N–H and O–H groups in total. The van der Waals surface area contributed by atoms with Gasteiger partial charge in [0.2, 0.25) is 5.91 Å². The molecule has 1 aliphatic rings. The van der Waals surface area contributed by atoms with Crippen molar-refractivity contribution in [1.82, 2.24) is 15.3 Å². The molecule has 0 spiro atoms. The molecule has 134 valence electrons. The van der Waals surface area contributed by atoms with E-state index in [-0.39, 0.29) is 11.8 Å². The standard InChI is InChI=1S/C19H19ClN4O2/c20-13-6-7-14-15(11-13)23-18(16-5-2-10-26-16)24-17(14)21-8-9-22-19(25)12-3-1-4-12/h2,5-7,10-12H,1,3-4,8-9H2,(H,22,25)(H,21,23,24). The van der Waals surface area contributed by atoms with E-state index in [1.165, 1.54) is 0 Å². The lowest BCUT2D eigenvalue weighted by atomic mass is 9.85. The van der Waals surface area contributed by atoms with E-state index in [2.05, 4.69) is 20.6 Å². The summed E-state index contributed by atoms with van der Waals surface area (Å²) >= 11 is 6.11. The smallest absolute Gasteiger partial charge is 0.223 e. The first-order chi connectivity index (χ1) is 12.7. The Balaban J connectivity index is 1.52. The van der Waals surface area contributed by atoms with E-state index in [4.69, 9.17) is 16.0 Å². The first-order valence-corrected chi connectivity index (χ1v) is 9.11. The minimum absolute atomic E-state index is 0.147. The zero-order chi connectivity index (χ0) is 17.9. The van der Waals surface area contributed by atoms with Crippen molar-refractivity contribution in [2.24, 2.45) is 5.92 Å². The molecule has 2 heterocycles. The second-order valence-corrected chi connectivity index (χ2v) is 6.82. The number of rotatable bonds is 6. The number of amides is 1. The molecule has 26 heavy (non-hydrogen) atoms. The van der Waals surface area contributed by atoms with E-state index in [1.807, 2.05) is 18.2 Å². The van der Waals surface area contributed by atoms with Crippen LogP contribution in [0.3, 0.4) is 0 Å². The zero-order valence-electron chi connectivity index (χ0n) is 14.2. The Hall–Kier alpha value is -2.60. The van der Waals surface area contributed by atoms with Gasteiger partial charge in [-0.3, -0.25) is 4.79 Å². The summed E-state index contributed by atoms with van der Waals surface area (Å²) in [5, 5.41) is 7.74. The second-order valence-electron chi connectivity index (χ2n) is 6.38. The maximum atomic E-state index is 11.9. The van der Waals surface area contributed by atoms with Crippen molar-refractivity contribution < 1.29 is 9.21 Å². The highest BCUT2D eigenvalue weighted by atomic mass is 35.5. The van der Waals surface area contributed by atoms with Gasteiger partial charge < -0.3 is 15.1 Å². The number of aromatic nitrogens is 2. The van der Waals surface area contributed by atoms with Crippen LogP contribution in [-0.4, -0.2) is 29.0 Å². The van der Waals surface area contributed by atoms with Gasteiger partial charge in [-0.2, -0.15) is 0 Å². The highest BCUT2D eigenvalue weighted by molar-refractivity contribution is 6.31. The normalized spacial score (nSPS) is 14.2. The summed E-state index contributed by atoms with van der Waals surface area (Å²) in [5.74, 6) is 2.12. The largest absolute Gasteiger partial charge is 0.461 e. The molecule has 0 unspecified atom stereocenters. The fourth-order valence-corrected chi connectivity index (χ4v) is 3.10. The molecule has 0 radical (unpaired) electrons. The van der Waals surface area contributed by atoms with Crippen LogP contribution >= 0.6 is 11.6 Å². The highest BCUT2D eigenvalue weighted by Crippen LogP contribution is 2.27. The van der Waals surface area contributed by atoms with Crippen molar-refractivity contribution in [3.05, 3.63) is 41.6 Å². The van der Waals surface area contributed by atoms with Gasteiger partial charge >= 0.3 is 0 Å². The molecule has 0 atom stereocenters. The lowest BCUT2D eigenvalue weighted by Crippen LogP contribution is -2.36. The summed E-state index contributed by atoms with van der Waals surface area (Å²) in [6.45, 7) is 1.12. The van der Waals surface area contributed by atoms with E-state index >= 15 is 0 Å². The third-order valence-electron chi connectivity index (χ3n) is 4.59. The van der Waals surface area contributed by atoms with Gasteiger partial charge in [0.15, 0.2) is 11.6 Å². The maximum absolute atomic E-state index is 11.9. The van der Waals surface area contributed by atoms with Crippen LogP contribution in [0.4, 0.5) is 5.82 Å². The number of nitrogens with one attached hydrogen (secondary N) is 2. The number of nitrogens with zero attached hydrogens (tertiary/aromatic N) is 2. The molecular formula is C19H19ClN4O2. The highest BCUT2D eigenvalue weighted by Gasteiger charge is 2.24. The molecule has 1 amide bonds. The second kappa shape index (κ2) is 7.33. The molecule has 0 aliphatic heterocycles. The molecule has 4 rings (SSSR count). The van der Waals surface area contributed by atoms with Crippen LogP contribution in [0.25, 0.3) is 22.5 Å². The zero-order valence-corrected chi connectivity index (χ0v) is 14.9. The Morgan fingerprint density at radius 3 is 2.85 bits per heavy atom. The van der Waals surface area contributed by atoms with Gasteiger partial charge in [-0.1, -0.05) is 18.0 Å². The first kappa shape index (κ1) is 16.8. The topological polar surface area (TPSA) is 80.0 Å². The van der Waals surface area contributed by atoms with Crippen molar-refractivity contribution in [2.45, 2.75) is 19.3 Å². The number of anilines is 1. The number of carbonyl (C=O) groups excluding carboxylic acids is 1. The van der Waals surface area contributed by atoms with Crippen LogP contribution in [-0.2, 0) is 4.79 Å². The van der Waals surface area contributed by atoms with Crippen LogP contribution in [0.15, 0.2) is 41.0 Å². The molecule has 6 nitrogen and oxygen atoms in total. The van der Waals surface area contributed by atoms with Gasteiger partial charge in [0.05, 0.1) is 11.8 Å². The number of benzene rings is 1. The lowest BCUT2D eigenvalue weighted by Gasteiger charge is -2.24. The van der Waals surface area contributed by atoms with Crippen molar-refractivity contribution in [2.75, 3.05) is 18.4 Å². The monoisotopic (exact) mass is 370 g/mol. The van der Waals surface area contributed by atoms with E-state index in [9.17, 15) is 4.79 Å². The summed E-state index contributed by atoms with van der Waals surface area (Å²) in [6.07, 6.45) is 4.75. The third-order valence-corrected chi connectivity index (χ3v) is 4.83. The quantitative estimate of drug-likeness (QED) is 0.644. The molecule has 1 aliphatic carbocycles. The van der Waals surface area contributed by atoms with E-state index in [0.29, 0.717) is 35.5 Å². The third kappa shape index (κ3) is 3.51. The van der Waals surface area contributed by atoms with Crippen LogP contribution in [0.2, 0.25) is 5.02 Å². The molecule has 2 aromatic heterocycles. The van der Waals surface area contributed by atoms with Crippen molar-refractivity contribution in [3.63, 3.8) is 0 Å². The predicted octanol–water partition coefficient (Wildman–Crippen LogP) is 3.87. The average Bonchev–Trinajstić information content (AvgIpc) is 3.11. The molecule has 3 aromatic rings. The number of fused-ring (bicyclic) bond motifs is 1. The molecule has 0 bridgehead atoms. The van der Waals surface area contributed by atoms with Gasteiger partial charge in [0.25, 0.3) is 0 Å². The fourth-order valence-electron chi connectivity index (χ4n) is 2.93. The van der Waals surface area contributed by atoms with Gasteiger partial charge in [-0.05, 0) is 43.2 Å². The van der Waals surface area contributed by atoms with E-state index in [1.54, 1.807) is 18.4 Å². The summed E-state index contributed by atoms with van der Waals surface area (Å²) in [5.41, 5.74) is 0.736. The van der Waals surface area contributed by atoms with Crippen molar-refractivity contribution in [3.8, 4) is 11.6 Å². The van der Waals surface area contributed by atoms with Crippen LogP contribution in [0, 0.1) is 5.92 Å². The van der Waals surface area contributed by atoms with E-state index < -0.39 is 0 Å². The number of hydrogen-bond acceptors (Lipinski definition) is 5. The number of carbonyl (C=O) groups is 1. The molecular weight excluding hydrogens is 352 g/mol. The maximum Gasteiger partial charge on any atom is 0.223 e. The number of halogens is 1. The Bertz CT molecular complexity index is 923. The van der Waals surface area contributed by atoms with Gasteiger partial charge in [-0.25, -0.2) is 9.97 Å². The molecule has 0 saturated heterocycles. The summed E-state index contributed by atoms with van der Waals surface area (Å²) in [6, 6.07) is 9.11. The Labute approximate surface area is 156 Å². The van der Waals surface area contributed by atoms with Gasteiger partial charge in [-0.15, -0.1) is 0 Å². The number of hydrogen-bond donors (Lipinski definition) is 2. The fraction of sp³-hybridized carbons (Fsp3) is 0.316. The SMILES string of the molecule is O=C(NCCNc1nc(-c2ccco2)nc2cc(Cl)ccc12)C1CCC1. The molecule has 1 saturated carbocycles. The Morgan fingerprint density at radius 2 is 2.12 bits per heavy atom. The van der Waals surface area contributed by atoms with Crippen LogP contribution in [0.1, 0.15) is 19.3 Å². The van der Waals surface area contributed by atoms with Crippen LogP contribution < -0.4 is 10.6 Å². The lowest BCUT2D eigenvalue weighted by molar-refractivity contribution is -0.127. The van der Waals surface area contributed by atoms with Gasteiger partial charge in [0, 0.05) is 29.4 Å². The molecule has 1 aromatic carbocycles. The predicted molar refractivity (Wildman–Crippen MR) is 101 cm³/mol. The van der Waals surface area contributed by atoms with Crippen molar-refractivity contribution in [1.29, 1.82) is 0 Å². The number of furan rings is 1. The average molecular weight is 371 g/mol. The summed E-state index contributed by atoms with van der Waals surface area (Å²) in [4.78, 5) is 21.0. The summed E-state index contributed by atoms with van der Waals surface area (Å²) < 4.78 is 5.41. The van der Waals surface area contributed by atoms with Crippen molar-refractivity contribution >= 4 is 34.2 Å². The minimum atomic E-state index is 0.147.